The molecule has 0 aliphatic carbocycles. The molecule has 0 aliphatic heterocycles. The van der Waals surface area contributed by atoms with Crippen LogP contribution in [0.2, 0.25) is 0 Å². The summed E-state index contributed by atoms with van der Waals surface area (Å²) in [6.07, 6.45) is 0.141. The van der Waals surface area contributed by atoms with E-state index in [4.69, 9.17) is 5.73 Å². The fourth-order valence-electron chi connectivity index (χ4n) is 1.49. The number of hydrogen-bond donors (Lipinski definition) is 2. The Morgan fingerprint density at radius 3 is 2.78 bits per heavy atom. The summed E-state index contributed by atoms with van der Waals surface area (Å²) in [6.45, 7) is -0.160. The van der Waals surface area contributed by atoms with Gasteiger partial charge in [0.15, 0.2) is 0 Å². The smallest absolute Gasteiger partial charge is 0.246 e. The maximum absolute atomic E-state index is 13.0. The number of hydrogen-bond acceptors (Lipinski definition) is 3. The Morgan fingerprint density at radius 2 is 2.22 bits per heavy atom. The van der Waals surface area contributed by atoms with Gasteiger partial charge in [0.05, 0.1) is 0 Å². The van der Waals surface area contributed by atoms with Crippen LogP contribution in [0.15, 0.2) is 24.3 Å². The van der Waals surface area contributed by atoms with E-state index in [-0.39, 0.29) is 13.0 Å². The maximum Gasteiger partial charge on any atom is 0.246 e. The number of carbonyl (C=O) groups is 2. The van der Waals surface area contributed by atoms with Crippen LogP contribution in [0.4, 0.5) is 4.39 Å². The van der Waals surface area contributed by atoms with Crippen LogP contribution >= 0.6 is 0 Å². The lowest BCUT2D eigenvalue weighted by Gasteiger charge is -2.15. The number of ether oxygens (including phenoxy) is 1. The quantitative estimate of drug-likeness (QED) is 0.748. The number of carbonyl (C=O) groups excluding carboxylic acids is 2. The molecule has 0 heterocycles. The second-order valence-electron chi connectivity index (χ2n) is 3.79. The van der Waals surface area contributed by atoms with Crippen molar-refractivity contribution in [3.8, 4) is 0 Å². The molecule has 0 radical (unpaired) electrons. The van der Waals surface area contributed by atoms with Gasteiger partial charge in [-0.25, -0.2) is 4.39 Å². The highest BCUT2D eigenvalue weighted by Gasteiger charge is 2.18. The first-order valence-electron chi connectivity index (χ1n) is 5.35. The molecular weight excluding hydrogens is 239 g/mol. The fourth-order valence-corrected chi connectivity index (χ4v) is 1.49. The van der Waals surface area contributed by atoms with Gasteiger partial charge in [0, 0.05) is 13.5 Å². The molecule has 3 N–H and O–H groups in total. The Balaban J connectivity index is 2.69. The van der Waals surface area contributed by atoms with Gasteiger partial charge >= 0.3 is 0 Å². The summed E-state index contributed by atoms with van der Waals surface area (Å²) in [6, 6.07) is 4.89. The number of amides is 2. The first-order valence-corrected chi connectivity index (χ1v) is 5.35. The number of nitrogens with two attached hydrogens (primary N) is 1. The summed E-state index contributed by atoms with van der Waals surface area (Å²) < 4.78 is 17.6. The Hall–Kier alpha value is -1.95. The molecule has 1 aromatic carbocycles. The average molecular weight is 254 g/mol. The summed E-state index contributed by atoms with van der Waals surface area (Å²) in [5, 5.41) is 2.42. The second-order valence-corrected chi connectivity index (χ2v) is 3.79. The lowest BCUT2D eigenvalue weighted by molar-refractivity contribution is -0.129. The Morgan fingerprint density at radius 1 is 1.50 bits per heavy atom. The number of benzene rings is 1. The zero-order valence-electron chi connectivity index (χ0n) is 9.98. The SMILES string of the molecule is COCC(=O)N[C@H](Cc1cccc(F)c1)C(N)=O. The minimum Gasteiger partial charge on any atom is -0.375 e. The number of methoxy groups -OCH3 is 1. The van der Waals surface area contributed by atoms with Crippen LogP contribution in [0.3, 0.4) is 0 Å². The standard InChI is InChI=1S/C12H15FN2O3/c1-18-7-11(16)15-10(12(14)17)6-8-3-2-4-9(13)5-8/h2-5,10H,6-7H2,1H3,(H2,14,17)(H,15,16)/t10-/m1/s1. The monoisotopic (exact) mass is 254 g/mol. The third-order valence-electron chi connectivity index (χ3n) is 2.28. The lowest BCUT2D eigenvalue weighted by atomic mass is 10.1. The largest absolute Gasteiger partial charge is 0.375 e. The van der Waals surface area contributed by atoms with Gasteiger partial charge in [-0.3, -0.25) is 9.59 Å². The van der Waals surface area contributed by atoms with E-state index in [2.05, 4.69) is 10.1 Å². The molecule has 0 bridgehead atoms. The maximum atomic E-state index is 13.0. The van der Waals surface area contributed by atoms with E-state index in [0.29, 0.717) is 5.56 Å². The summed E-state index contributed by atoms with van der Waals surface area (Å²) >= 11 is 0. The third kappa shape index (κ3) is 4.50. The summed E-state index contributed by atoms with van der Waals surface area (Å²) in [5.74, 6) is -1.53. The fraction of sp³-hybridized carbons (Fsp3) is 0.333. The van der Waals surface area contributed by atoms with Crippen molar-refractivity contribution in [2.24, 2.45) is 5.73 Å². The molecule has 1 aromatic rings. The first kappa shape index (κ1) is 14.1. The van der Waals surface area contributed by atoms with Crippen molar-refractivity contribution < 1.29 is 18.7 Å². The van der Waals surface area contributed by atoms with Crippen LogP contribution in [-0.2, 0) is 20.7 Å². The van der Waals surface area contributed by atoms with Gasteiger partial charge < -0.3 is 15.8 Å². The highest BCUT2D eigenvalue weighted by molar-refractivity contribution is 5.87. The number of primary amides is 1. The summed E-state index contributed by atoms with van der Waals surface area (Å²) in [5.41, 5.74) is 5.76. The first-order chi connectivity index (χ1) is 8.52. The van der Waals surface area contributed by atoms with Gasteiger partial charge in [0.2, 0.25) is 11.8 Å². The van der Waals surface area contributed by atoms with Gasteiger partial charge in [-0.05, 0) is 17.7 Å². The molecule has 1 rings (SSSR count). The lowest BCUT2D eigenvalue weighted by Crippen LogP contribution is -2.47. The Bertz CT molecular complexity index is 437. The van der Waals surface area contributed by atoms with Crippen molar-refractivity contribution in [3.63, 3.8) is 0 Å². The minimum atomic E-state index is -0.880. The van der Waals surface area contributed by atoms with E-state index in [1.165, 1.54) is 25.3 Å². The van der Waals surface area contributed by atoms with Gasteiger partial charge in [0.1, 0.15) is 18.5 Å². The molecule has 0 spiro atoms. The molecule has 0 aromatic heterocycles. The van der Waals surface area contributed by atoms with E-state index >= 15 is 0 Å². The van der Waals surface area contributed by atoms with Crippen molar-refractivity contribution in [1.29, 1.82) is 0 Å². The van der Waals surface area contributed by atoms with Crippen molar-refractivity contribution in [2.45, 2.75) is 12.5 Å². The predicted octanol–water partition coefficient (Wildman–Crippen LogP) is -0.0153. The van der Waals surface area contributed by atoms with Crippen molar-refractivity contribution in [1.82, 2.24) is 5.32 Å². The number of rotatable bonds is 6. The van der Waals surface area contributed by atoms with E-state index in [9.17, 15) is 14.0 Å². The molecule has 0 unspecified atom stereocenters. The number of halogens is 1. The van der Waals surface area contributed by atoms with Crippen LogP contribution in [0.1, 0.15) is 5.56 Å². The van der Waals surface area contributed by atoms with E-state index in [1.54, 1.807) is 6.07 Å². The zero-order valence-corrected chi connectivity index (χ0v) is 9.98. The Labute approximate surface area is 104 Å². The van der Waals surface area contributed by atoms with Crippen molar-refractivity contribution in [3.05, 3.63) is 35.6 Å². The second kappa shape index (κ2) is 6.70. The molecule has 6 heteroatoms. The molecular formula is C12H15FN2O3. The van der Waals surface area contributed by atoms with Gasteiger partial charge in [-0.1, -0.05) is 12.1 Å². The highest BCUT2D eigenvalue weighted by atomic mass is 19.1. The van der Waals surface area contributed by atoms with E-state index in [0.717, 1.165) is 0 Å². The molecule has 0 aliphatic rings. The highest BCUT2D eigenvalue weighted by Crippen LogP contribution is 2.06. The van der Waals surface area contributed by atoms with Crippen LogP contribution < -0.4 is 11.1 Å². The van der Waals surface area contributed by atoms with Crippen molar-refractivity contribution in [2.75, 3.05) is 13.7 Å². The molecule has 0 saturated carbocycles. The average Bonchev–Trinajstić information content (AvgIpc) is 2.28. The molecule has 0 fully saturated rings. The normalized spacial score (nSPS) is 11.9. The minimum absolute atomic E-state index is 0.141. The topological polar surface area (TPSA) is 81.4 Å². The van der Waals surface area contributed by atoms with Crippen LogP contribution in [0.5, 0.6) is 0 Å². The van der Waals surface area contributed by atoms with E-state index in [1.807, 2.05) is 0 Å². The zero-order chi connectivity index (χ0) is 13.5. The van der Waals surface area contributed by atoms with Crippen LogP contribution in [0, 0.1) is 5.82 Å². The molecule has 18 heavy (non-hydrogen) atoms. The van der Waals surface area contributed by atoms with Crippen LogP contribution in [-0.4, -0.2) is 31.6 Å². The van der Waals surface area contributed by atoms with E-state index < -0.39 is 23.7 Å². The van der Waals surface area contributed by atoms with Gasteiger partial charge in [0.25, 0.3) is 0 Å². The third-order valence-corrected chi connectivity index (χ3v) is 2.28. The summed E-state index contributed by atoms with van der Waals surface area (Å²) in [4.78, 5) is 22.5. The number of nitrogens with one attached hydrogen (secondary N) is 1. The molecule has 1 atom stereocenters. The predicted molar refractivity (Wildman–Crippen MR) is 63.1 cm³/mol. The van der Waals surface area contributed by atoms with Gasteiger partial charge in [-0.2, -0.15) is 0 Å². The van der Waals surface area contributed by atoms with Crippen molar-refractivity contribution >= 4 is 11.8 Å². The molecule has 5 nitrogen and oxygen atoms in total. The Kier molecular flexibility index (Phi) is 5.26. The molecule has 2 amide bonds. The summed E-state index contributed by atoms with van der Waals surface area (Å²) in [7, 11) is 1.37. The molecule has 98 valence electrons. The van der Waals surface area contributed by atoms with Gasteiger partial charge in [-0.15, -0.1) is 0 Å². The van der Waals surface area contributed by atoms with Crippen LogP contribution in [0.25, 0.3) is 0 Å². The molecule has 0 saturated heterocycles.